The predicted octanol–water partition coefficient (Wildman–Crippen LogP) is 1.72. The highest BCUT2D eigenvalue weighted by atomic mass is 32.2. The number of carbonyl (C=O) groups excluding carboxylic acids is 2. The Morgan fingerprint density at radius 1 is 1.10 bits per heavy atom. The summed E-state index contributed by atoms with van der Waals surface area (Å²) >= 11 is 1.48. The molecule has 1 rings (SSSR count). The molecular formula is C20H34N3O5PS. The first kappa shape index (κ1) is 26.7. The molecule has 1 unspecified atom stereocenters. The van der Waals surface area contributed by atoms with Crippen LogP contribution in [0.25, 0.3) is 0 Å². The third-order valence-corrected chi connectivity index (χ3v) is 6.44. The van der Waals surface area contributed by atoms with E-state index in [1.165, 1.54) is 18.8 Å². The van der Waals surface area contributed by atoms with Gasteiger partial charge in [0, 0.05) is 13.5 Å². The van der Waals surface area contributed by atoms with Gasteiger partial charge in [-0.2, -0.15) is 11.8 Å². The van der Waals surface area contributed by atoms with Gasteiger partial charge in [0.1, 0.15) is 11.8 Å². The van der Waals surface area contributed by atoms with Crippen LogP contribution >= 0.6 is 19.4 Å². The summed E-state index contributed by atoms with van der Waals surface area (Å²) in [5.41, 5.74) is 0.896. The van der Waals surface area contributed by atoms with Gasteiger partial charge in [-0.05, 0) is 36.3 Å². The van der Waals surface area contributed by atoms with Crippen molar-refractivity contribution < 1.29 is 23.9 Å². The van der Waals surface area contributed by atoms with Crippen molar-refractivity contribution in [2.75, 3.05) is 19.1 Å². The van der Waals surface area contributed by atoms with Crippen LogP contribution in [0.3, 0.4) is 0 Å². The smallest absolute Gasteiger partial charge is 0.342 e. The van der Waals surface area contributed by atoms with E-state index in [-0.39, 0.29) is 18.2 Å². The molecule has 30 heavy (non-hydrogen) atoms. The monoisotopic (exact) mass is 459 g/mol. The van der Waals surface area contributed by atoms with Crippen LogP contribution in [0.15, 0.2) is 30.3 Å². The second-order valence-electron chi connectivity index (χ2n) is 7.60. The number of thioether (sulfide) groups is 1. The van der Waals surface area contributed by atoms with E-state index in [9.17, 15) is 23.9 Å². The van der Waals surface area contributed by atoms with Gasteiger partial charge in [0.05, 0.1) is 6.04 Å². The zero-order chi connectivity index (χ0) is 22.7. The molecule has 0 aromatic heterocycles. The lowest BCUT2D eigenvalue weighted by Crippen LogP contribution is -2.55. The molecule has 1 aromatic carbocycles. The fourth-order valence-corrected chi connectivity index (χ4v) is 4.52. The second-order valence-corrected chi connectivity index (χ2v) is 10.4. The molecule has 2 amide bonds. The highest BCUT2D eigenvalue weighted by Gasteiger charge is 2.34. The molecule has 0 saturated heterocycles. The first-order valence-electron chi connectivity index (χ1n) is 9.94. The minimum atomic E-state index is -4.44. The van der Waals surface area contributed by atoms with Crippen LogP contribution in [0, 0.1) is 5.92 Å². The van der Waals surface area contributed by atoms with Crippen LogP contribution in [0.5, 0.6) is 0 Å². The van der Waals surface area contributed by atoms with E-state index in [0.717, 1.165) is 5.56 Å². The molecule has 5 N–H and O–H groups in total. The molecular weight excluding hydrogens is 425 g/mol. The Balaban J connectivity index is 3.00. The summed E-state index contributed by atoms with van der Waals surface area (Å²) in [7, 11) is -2.94. The maximum atomic E-state index is 13.0. The molecule has 0 aliphatic carbocycles. The maximum absolute atomic E-state index is 13.0. The van der Waals surface area contributed by atoms with E-state index < -0.39 is 31.4 Å². The van der Waals surface area contributed by atoms with E-state index in [1.807, 2.05) is 50.4 Å². The predicted molar refractivity (Wildman–Crippen MR) is 121 cm³/mol. The fraction of sp³-hybridized carbons (Fsp3) is 0.600. The quantitative estimate of drug-likeness (QED) is 0.284. The molecule has 170 valence electrons. The van der Waals surface area contributed by atoms with Crippen LogP contribution in [0.4, 0.5) is 0 Å². The third kappa shape index (κ3) is 9.62. The second kappa shape index (κ2) is 13.1. The largest absolute Gasteiger partial charge is 0.357 e. The Hall–Kier alpha value is -1.38. The first-order chi connectivity index (χ1) is 14.1. The molecule has 10 heteroatoms. The van der Waals surface area contributed by atoms with E-state index in [2.05, 4.69) is 16.0 Å². The van der Waals surface area contributed by atoms with Gasteiger partial charge in [-0.15, -0.1) is 0 Å². The number of amides is 2. The Morgan fingerprint density at radius 3 is 2.23 bits per heavy atom. The summed E-state index contributed by atoms with van der Waals surface area (Å²) in [4.78, 5) is 44.8. The van der Waals surface area contributed by atoms with E-state index in [0.29, 0.717) is 18.6 Å². The van der Waals surface area contributed by atoms with Crippen LogP contribution < -0.4 is 16.0 Å². The number of nitrogens with one attached hydrogen (secondary N) is 3. The lowest BCUT2D eigenvalue weighted by molar-refractivity contribution is -0.130. The van der Waals surface area contributed by atoms with E-state index in [4.69, 9.17) is 0 Å². The zero-order valence-electron chi connectivity index (χ0n) is 18.0. The number of benzene rings is 1. The Bertz CT molecular complexity index is 714. The van der Waals surface area contributed by atoms with Crippen molar-refractivity contribution in [2.45, 2.75) is 51.0 Å². The van der Waals surface area contributed by atoms with E-state index >= 15 is 0 Å². The van der Waals surface area contributed by atoms with Crippen LogP contribution in [-0.2, 0) is 20.6 Å². The standard InChI is InChI=1S/C20H34N3O5PS/c1-14(2)12-16(22-18(10-11-30-4)29(26,27)28)20(25)23-17(19(24)21-3)13-15-8-6-5-7-9-15/h5-9,14,16-18,22H,10-13H2,1-4H3,(H,21,24)(H,23,25)(H2,26,27,28)/t16-,17-,18?/m0/s1. The highest BCUT2D eigenvalue weighted by molar-refractivity contribution is 7.98. The molecule has 3 atom stereocenters. The minimum absolute atomic E-state index is 0.110. The molecule has 0 aliphatic heterocycles. The van der Waals surface area contributed by atoms with Crippen molar-refractivity contribution in [3.8, 4) is 0 Å². The molecule has 1 aromatic rings. The van der Waals surface area contributed by atoms with Crippen molar-refractivity contribution in [2.24, 2.45) is 5.92 Å². The lowest BCUT2D eigenvalue weighted by atomic mass is 10.0. The lowest BCUT2D eigenvalue weighted by Gasteiger charge is -2.28. The molecule has 0 spiro atoms. The molecule has 0 fully saturated rings. The SMILES string of the molecule is CNC(=O)[C@H](Cc1ccccc1)NC(=O)[C@H](CC(C)C)NC(CCSC)P(=O)(O)O. The molecule has 0 radical (unpaired) electrons. The summed E-state index contributed by atoms with van der Waals surface area (Å²) in [6, 6.07) is 7.72. The van der Waals surface area contributed by atoms with Crippen molar-refractivity contribution in [3.05, 3.63) is 35.9 Å². The number of hydrogen-bond acceptors (Lipinski definition) is 5. The molecule has 0 saturated carbocycles. The van der Waals surface area contributed by atoms with Gasteiger partial charge in [0.2, 0.25) is 11.8 Å². The molecule has 0 heterocycles. The van der Waals surface area contributed by atoms with Gasteiger partial charge in [-0.25, -0.2) is 0 Å². The van der Waals surface area contributed by atoms with Crippen molar-refractivity contribution >= 4 is 31.2 Å². The van der Waals surface area contributed by atoms with Gasteiger partial charge < -0.3 is 20.4 Å². The van der Waals surface area contributed by atoms with Crippen LogP contribution in [-0.4, -0.2) is 58.5 Å². The Labute approximate surface area is 183 Å². The average molecular weight is 460 g/mol. The van der Waals surface area contributed by atoms with Crippen molar-refractivity contribution in [1.29, 1.82) is 0 Å². The van der Waals surface area contributed by atoms with Gasteiger partial charge in [0.25, 0.3) is 0 Å². The summed E-state index contributed by atoms with van der Waals surface area (Å²) in [5.74, 6) is -1.24. The number of rotatable bonds is 13. The molecule has 0 bridgehead atoms. The van der Waals surface area contributed by atoms with Gasteiger partial charge in [-0.1, -0.05) is 44.2 Å². The number of hydrogen-bond donors (Lipinski definition) is 5. The summed E-state index contributed by atoms with van der Waals surface area (Å²) in [6.45, 7) is 3.85. The number of likely N-dealkylation sites (N-methyl/N-ethyl adjacent to an activating group) is 1. The normalized spacial score (nSPS) is 14.8. The van der Waals surface area contributed by atoms with E-state index in [1.54, 1.807) is 0 Å². The first-order valence-corrected chi connectivity index (χ1v) is 13.0. The maximum Gasteiger partial charge on any atom is 0.342 e. The Kier molecular flexibility index (Phi) is 11.7. The minimum Gasteiger partial charge on any atom is -0.357 e. The average Bonchev–Trinajstić information content (AvgIpc) is 2.68. The van der Waals surface area contributed by atoms with Gasteiger partial charge in [0.15, 0.2) is 0 Å². The van der Waals surface area contributed by atoms with Crippen LogP contribution in [0.1, 0.15) is 32.3 Å². The zero-order valence-corrected chi connectivity index (χ0v) is 19.7. The van der Waals surface area contributed by atoms with Crippen molar-refractivity contribution in [3.63, 3.8) is 0 Å². The Morgan fingerprint density at radius 2 is 1.73 bits per heavy atom. The topological polar surface area (TPSA) is 128 Å². The third-order valence-electron chi connectivity index (χ3n) is 4.58. The van der Waals surface area contributed by atoms with Crippen molar-refractivity contribution in [1.82, 2.24) is 16.0 Å². The molecule has 0 aliphatic rings. The summed E-state index contributed by atoms with van der Waals surface area (Å²) < 4.78 is 11.9. The summed E-state index contributed by atoms with van der Waals surface area (Å²) in [5, 5.41) is 8.19. The van der Waals surface area contributed by atoms with Gasteiger partial charge >= 0.3 is 7.60 Å². The van der Waals surface area contributed by atoms with Crippen LogP contribution in [0.2, 0.25) is 0 Å². The number of carbonyl (C=O) groups is 2. The fourth-order valence-electron chi connectivity index (χ4n) is 3.04. The summed E-state index contributed by atoms with van der Waals surface area (Å²) in [6.07, 6.45) is 2.78. The van der Waals surface area contributed by atoms with Gasteiger partial charge in [-0.3, -0.25) is 19.5 Å². The molecule has 8 nitrogen and oxygen atoms in total. The highest BCUT2D eigenvalue weighted by Crippen LogP contribution is 2.42.